The van der Waals surface area contributed by atoms with Gasteiger partial charge in [-0.3, -0.25) is 4.57 Å². The molecule has 0 bridgehead atoms. The number of nitrogens with one attached hydrogen (secondary N) is 1. The van der Waals surface area contributed by atoms with Gasteiger partial charge < -0.3 is 10.1 Å². The minimum atomic E-state index is 0. The maximum Gasteiger partial charge on any atom is 0.151 e. The van der Waals surface area contributed by atoms with Crippen LogP contribution < -0.4 is 10.1 Å². The van der Waals surface area contributed by atoms with Gasteiger partial charge in [0.05, 0.1) is 18.3 Å². The number of hydrogen-bond donors (Lipinski definition) is 1. The lowest BCUT2D eigenvalue weighted by molar-refractivity contribution is 0.144. The van der Waals surface area contributed by atoms with E-state index in [0.717, 1.165) is 60.3 Å². The lowest BCUT2D eigenvalue weighted by atomic mass is 9.86. The zero-order chi connectivity index (χ0) is 18.9. The van der Waals surface area contributed by atoms with Crippen molar-refractivity contribution in [1.82, 2.24) is 20.1 Å². The Hall–Kier alpha value is -2.08. The van der Waals surface area contributed by atoms with Crippen molar-refractivity contribution in [2.75, 3.05) is 0 Å². The van der Waals surface area contributed by atoms with Gasteiger partial charge in [-0.15, -0.1) is 22.6 Å². The number of fused-ring (bicyclic) bond motifs is 3. The van der Waals surface area contributed by atoms with Crippen LogP contribution in [0.3, 0.4) is 0 Å². The van der Waals surface area contributed by atoms with E-state index < -0.39 is 0 Å². The Bertz CT molecular complexity index is 968. The summed E-state index contributed by atoms with van der Waals surface area (Å²) in [5.74, 6) is 3.40. The van der Waals surface area contributed by atoms with E-state index in [1.807, 2.05) is 42.5 Å². The van der Waals surface area contributed by atoms with Crippen molar-refractivity contribution in [2.24, 2.45) is 0 Å². The van der Waals surface area contributed by atoms with Gasteiger partial charge in [0.2, 0.25) is 0 Å². The van der Waals surface area contributed by atoms with Crippen LogP contribution >= 0.6 is 24.0 Å². The lowest BCUT2D eigenvalue weighted by Gasteiger charge is -2.29. The molecule has 0 unspecified atom stereocenters. The minimum Gasteiger partial charge on any atom is -0.490 e. The van der Waals surface area contributed by atoms with Crippen LogP contribution in [0.25, 0.3) is 5.69 Å². The number of halogens is 2. The van der Waals surface area contributed by atoms with Crippen LogP contribution in [0, 0.1) is 0 Å². The number of para-hydroxylation sites is 1. The molecule has 1 aliphatic carbocycles. The molecule has 152 valence electrons. The molecular formula is C22H24Cl2N4O. The first-order valence-electron chi connectivity index (χ1n) is 9.93. The summed E-state index contributed by atoms with van der Waals surface area (Å²) < 4.78 is 8.40. The van der Waals surface area contributed by atoms with Gasteiger partial charge in [-0.2, -0.15) is 0 Å². The molecule has 29 heavy (non-hydrogen) atoms. The molecule has 0 amide bonds. The Labute approximate surface area is 181 Å². The summed E-state index contributed by atoms with van der Waals surface area (Å²) in [5.41, 5.74) is 2.33. The number of benzene rings is 2. The Morgan fingerprint density at radius 1 is 0.966 bits per heavy atom. The van der Waals surface area contributed by atoms with Gasteiger partial charge in [-0.05, 0) is 61.6 Å². The van der Waals surface area contributed by atoms with E-state index in [9.17, 15) is 0 Å². The van der Waals surface area contributed by atoms with Crippen LogP contribution in [-0.4, -0.2) is 20.9 Å². The zero-order valence-electron chi connectivity index (χ0n) is 16.1. The van der Waals surface area contributed by atoms with Crippen LogP contribution in [-0.2, 0) is 13.1 Å². The molecule has 2 aliphatic rings. The van der Waals surface area contributed by atoms with Gasteiger partial charge in [0.25, 0.3) is 0 Å². The van der Waals surface area contributed by atoms with Gasteiger partial charge in [-0.1, -0.05) is 29.8 Å². The van der Waals surface area contributed by atoms with Gasteiger partial charge in [-0.25, -0.2) is 0 Å². The molecular weight excluding hydrogens is 407 g/mol. The highest BCUT2D eigenvalue weighted by Crippen LogP contribution is 2.36. The third kappa shape index (κ3) is 4.13. The largest absolute Gasteiger partial charge is 0.490 e. The van der Waals surface area contributed by atoms with Crippen molar-refractivity contribution in [3.8, 4) is 11.4 Å². The Balaban J connectivity index is 0.00000205. The Kier molecular flexibility index (Phi) is 6.09. The van der Waals surface area contributed by atoms with Crippen molar-refractivity contribution < 1.29 is 4.74 Å². The Morgan fingerprint density at radius 2 is 1.76 bits per heavy atom. The average Bonchev–Trinajstić information content (AvgIpc) is 3.05. The van der Waals surface area contributed by atoms with Crippen LogP contribution in [0.2, 0.25) is 5.02 Å². The number of hydrogen-bond acceptors (Lipinski definition) is 4. The second-order valence-electron chi connectivity index (χ2n) is 7.59. The zero-order valence-corrected chi connectivity index (χ0v) is 17.6. The van der Waals surface area contributed by atoms with E-state index >= 15 is 0 Å². The molecule has 1 saturated carbocycles. The summed E-state index contributed by atoms with van der Waals surface area (Å²) in [6, 6.07) is 16.2. The molecule has 1 N–H and O–H groups in total. The highest BCUT2D eigenvalue weighted by molar-refractivity contribution is 6.30. The first-order valence-corrected chi connectivity index (χ1v) is 10.3. The fourth-order valence-corrected chi connectivity index (χ4v) is 4.52. The molecule has 1 fully saturated rings. The number of ether oxygens (including phenoxy) is 1. The van der Waals surface area contributed by atoms with Gasteiger partial charge in [0, 0.05) is 17.5 Å². The quantitative estimate of drug-likeness (QED) is 0.631. The molecule has 0 atom stereocenters. The molecule has 5 rings (SSSR count). The topological polar surface area (TPSA) is 52.0 Å². The van der Waals surface area contributed by atoms with E-state index in [1.165, 1.54) is 5.56 Å². The summed E-state index contributed by atoms with van der Waals surface area (Å²) in [6.45, 7) is 1.50. The maximum absolute atomic E-state index is 6.22. The van der Waals surface area contributed by atoms with Gasteiger partial charge >= 0.3 is 0 Å². The molecule has 3 aromatic rings. The number of rotatable bonds is 3. The van der Waals surface area contributed by atoms with Crippen molar-refractivity contribution >= 4 is 24.0 Å². The normalized spacial score (nSPS) is 20.7. The lowest BCUT2D eigenvalue weighted by Crippen LogP contribution is -2.24. The molecule has 2 aromatic carbocycles. The molecule has 2 heterocycles. The molecule has 0 spiro atoms. The van der Waals surface area contributed by atoms with Crippen molar-refractivity contribution in [1.29, 1.82) is 0 Å². The Morgan fingerprint density at radius 3 is 2.55 bits per heavy atom. The number of aromatic nitrogens is 3. The van der Waals surface area contributed by atoms with Crippen LogP contribution in [0.1, 0.15) is 48.8 Å². The first kappa shape index (κ1) is 20.2. The van der Waals surface area contributed by atoms with E-state index in [0.29, 0.717) is 12.5 Å². The van der Waals surface area contributed by atoms with Crippen molar-refractivity contribution in [3.05, 3.63) is 70.8 Å². The van der Waals surface area contributed by atoms with E-state index in [4.69, 9.17) is 16.3 Å². The highest BCUT2D eigenvalue weighted by Gasteiger charge is 2.29. The third-order valence-corrected chi connectivity index (χ3v) is 5.96. The highest BCUT2D eigenvalue weighted by atomic mass is 35.5. The smallest absolute Gasteiger partial charge is 0.151 e. The average molecular weight is 431 g/mol. The summed E-state index contributed by atoms with van der Waals surface area (Å²) in [7, 11) is 0. The molecule has 1 aromatic heterocycles. The second kappa shape index (κ2) is 8.74. The van der Waals surface area contributed by atoms with Crippen LogP contribution in [0.4, 0.5) is 0 Å². The molecule has 7 heteroatoms. The molecule has 1 aliphatic heterocycles. The minimum absolute atomic E-state index is 0. The van der Waals surface area contributed by atoms with Crippen LogP contribution in [0.15, 0.2) is 48.5 Å². The second-order valence-corrected chi connectivity index (χ2v) is 8.03. The fraction of sp³-hybridized carbons (Fsp3) is 0.364. The van der Waals surface area contributed by atoms with Crippen molar-refractivity contribution in [2.45, 2.75) is 50.8 Å². The predicted octanol–water partition coefficient (Wildman–Crippen LogP) is 5.05. The van der Waals surface area contributed by atoms with Crippen molar-refractivity contribution in [3.63, 3.8) is 0 Å². The monoisotopic (exact) mass is 430 g/mol. The maximum atomic E-state index is 6.22. The third-order valence-electron chi connectivity index (χ3n) is 5.72. The molecule has 0 saturated heterocycles. The summed E-state index contributed by atoms with van der Waals surface area (Å²) in [4.78, 5) is 0. The number of nitrogens with zero attached hydrogens (tertiary/aromatic N) is 3. The van der Waals surface area contributed by atoms with E-state index in [2.05, 4.69) is 26.1 Å². The standard InChI is InChI=1S/C22H23ClN4O.ClH/c23-17-8-11-20-16(12-17)13-24-14-21-25-26-22(27(20)21)15-6-9-19(10-7-15)28-18-4-2-1-3-5-18;/h1-5,8,11-12,15,19,24H,6-7,9-10,13-14H2;1H/t15-,19+;. The first-order chi connectivity index (χ1) is 13.8. The van der Waals surface area contributed by atoms with Gasteiger partial charge in [0.15, 0.2) is 5.82 Å². The van der Waals surface area contributed by atoms with E-state index in [1.54, 1.807) is 0 Å². The molecule has 0 radical (unpaired) electrons. The summed E-state index contributed by atoms with van der Waals surface area (Å²) in [5, 5.41) is 13.3. The predicted molar refractivity (Wildman–Crippen MR) is 116 cm³/mol. The fourth-order valence-electron chi connectivity index (χ4n) is 4.32. The van der Waals surface area contributed by atoms with E-state index in [-0.39, 0.29) is 18.5 Å². The summed E-state index contributed by atoms with van der Waals surface area (Å²) >= 11 is 6.22. The van der Waals surface area contributed by atoms with Crippen LogP contribution in [0.5, 0.6) is 5.75 Å². The SMILES string of the molecule is Cl.Clc1ccc2c(c1)CNCc1nnc([C@H]3CC[C@@H](Oc4ccccc4)CC3)n1-2. The molecule has 5 nitrogen and oxygen atoms in total. The van der Waals surface area contributed by atoms with Gasteiger partial charge in [0.1, 0.15) is 11.6 Å². The summed E-state index contributed by atoms with van der Waals surface area (Å²) in [6.07, 6.45) is 4.47.